The number of carboxylic acids is 1. The van der Waals surface area contributed by atoms with Crippen molar-refractivity contribution in [2.24, 2.45) is 0 Å². The highest BCUT2D eigenvalue weighted by molar-refractivity contribution is 7.99. The monoisotopic (exact) mass is 369 g/mol. The van der Waals surface area contributed by atoms with Gasteiger partial charge in [0.05, 0.1) is 18.9 Å². The Hall–Kier alpha value is -1.95. The minimum atomic E-state index is -1.74. The molecular weight excluding hydrogens is 350 g/mol. The number of imidazole rings is 1. The number of nitrogens with two attached hydrogens (primary N) is 1. The van der Waals surface area contributed by atoms with Crippen LogP contribution in [0, 0.1) is 0 Å². The van der Waals surface area contributed by atoms with Crippen molar-refractivity contribution in [2.45, 2.75) is 37.4 Å². The lowest BCUT2D eigenvalue weighted by Crippen LogP contribution is -2.47. The molecular formula is C14H19N5O5S. The Labute approximate surface area is 147 Å². The number of hydrogen-bond acceptors (Lipinski definition) is 9. The number of carboxylic acid groups (broad SMARTS) is 1. The number of anilines is 1. The van der Waals surface area contributed by atoms with E-state index in [1.165, 1.54) is 29.0 Å². The summed E-state index contributed by atoms with van der Waals surface area (Å²) < 4.78 is 7.22. The van der Waals surface area contributed by atoms with Gasteiger partial charge in [0.25, 0.3) is 0 Å². The third-order valence-electron chi connectivity index (χ3n) is 4.18. The molecule has 25 heavy (non-hydrogen) atoms. The average molecular weight is 369 g/mol. The molecule has 136 valence electrons. The van der Waals surface area contributed by atoms with Gasteiger partial charge in [0, 0.05) is 5.75 Å². The number of aromatic nitrogens is 4. The third kappa shape index (κ3) is 2.92. The van der Waals surface area contributed by atoms with Gasteiger partial charge in [-0.05, 0) is 5.75 Å². The summed E-state index contributed by atoms with van der Waals surface area (Å²) in [6.07, 6.45) is -1.50. The number of thioether (sulfide) groups is 1. The minimum Gasteiger partial charge on any atom is -0.481 e. The van der Waals surface area contributed by atoms with Gasteiger partial charge < -0.3 is 25.8 Å². The van der Waals surface area contributed by atoms with Crippen molar-refractivity contribution < 1.29 is 24.9 Å². The molecule has 1 fully saturated rings. The zero-order valence-electron chi connectivity index (χ0n) is 13.4. The van der Waals surface area contributed by atoms with Gasteiger partial charge in [-0.15, -0.1) is 0 Å². The van der Waals surface area contributed by atoms with Gasteiger partial charge in [-0.25, -0.2) is 15.0 Å². The molecule has 10 nitrogen and oxygen atoms in total. The molecule has 0 amide bonds. The van der Waals surface area contributed by atoms with Crippen molar-refractivity contribution >= 4 is 34.7 Å². The molecule has 0 unspecified atom stereocenters. The topological polar surface area (TPSA) is 157 Å². The fourth-order valence-corrected chi connectivity index (χ4v) is 3.75. The molecule has 0 saturated carbocycles. The van der Waals surface area contributed by atoms with E-state index in [1.54, 1.807) is 0 Å². The Kier molecular flexibility index (Phi) is 4.82. The Morgan fingerprint density at radius 2 is 2.20 bits per heavy atom. The van der Waals surface area contributed by atoms with Gasteiger partial charge in [0.15, 0.2) is 17.2 Å². The summed E-state index contributed by atoms with van der Waals surface area (Å²) in [7, 11) is 0. The van der Waals surface area contributed by atoms with E-state index in [9.17, 15) is 20.1 Å². The smallest absolute Gasteiger partial charge is 0.308 e. The van der Waals surface area contributed by atoms with E-state index in [2.05, 4.69) is 15.0 Å². The summed E-state index contributed by atoms with van der Waals surface area (Å²) in [4.78, 5) is 23.5. The van der Waals surface area contributed by atoms with Crippen molar-refractivity contribution in [3.8, 4) is 0 Å². The largest absolute Gasteiger partial charge is 0.481 e. The molecule has 0 radical (unpaired) electrons. The molecule has 3 rings (SSSR count). The molecule has 1 aliphatic rings. The number of aliphatic hydroxyl groups excluding tert-OH is 2. The molecule has 0 spiro atoms. The predicted molar refractivity (Wildman–Crippen MR) is 89.8 cm³/mol. The van der Waals surface area contributed by atoms with Crippen molar-refractivity contribution in [1.82, 2.24) is 19.5 Å². The first-order valence-electron chi connectivity index (χ1n) is 7.68. The lowest BCUT2D eigenvalue weighted by molar-refractivity contribution is -0.167. The van der Waals surface area contributed by atoms with Gasteiger partial charge in [-0.1, -0.05) is 6.92 Å². The Morgan fingerprint density at radius 3 is 2.88 bits per heavy atom. The fourth-order valence-electron chi connectivity index (χ4n) is 3.02. The normalized spacial score (nSPS) is 29.3. The number of nitrogens with zero attached hydrogens (tertiary/aromatic N) is 4. The quantitative estimate of drug-likeness (QED) is 0.519. The van der Waals surface area contributed by atoms with Crippen LogP contribution >= 0.6 is 11.8 Å². The molecule has 0 aromatic carbocycles. The number of fused-ring (bicyclic) bond motifs is 1. The maximum Gasteiger partial charge on any atom is 0.308 e. The molecule has 2 aromatic rings. The summed E-state index contributed by atoms with van der Waals surface area (Å²) in [5, 5.41) is 30.4. The Bertz CT molecular complexity index is 786. The summed E-state index contributed by atoms with van der Waals surface area (Å²) in [6.45, 7) is 1.95. The molecule has 11 heteroatoms. The van der Waals surface area contributed by atoms with Gasteiger partial charge in [-0.2, -0.15) is 11.8 Å². The van der Waals surface area contributed by atoms with Gasteiger partial charge in [-0.3, -0.25) is 9.36 Å². The standard InChI is InChI=1S/C14H19N5O5S/c1-2-25-4-7-10(22)11(23)14(24-7,3-8(20)21)19-6-18-9-12(15)16-5-17-13(9)19/h5-7,10-11,22-23H,2-4H2,1H3,(H,20,21)(H2,15,16,17)/t7-,10-,11-,14-/m1/s1. The molecule has 5 N–H and O–H groups in total. The SMILES string of the molecule is CCSC[C@H]1O[C@@](CC(=O)O)(n2cnc3c(N)ncnc32)[C@H](O)[C@@H]1O. The molecule has 2 aromatic heterocycles. The van der Waals surface area contributed by atoms with Crippen LogP contribution in [0.3, 0.4) is 0 Å². The molecule has 1 saturated heterocycles. The molecule has 3 heterocycles. The maximum absolute atomic E-state index is 11.5. The highest BCUT2D eigenvalue weighted by atomic mass is 32.2. The van der Waals surface area contributed by atoms with Crippen LogP contribution in [-0.4, -0.2) is 70.6 Å². The van der Waals surface area contributed by atoms with Gasteiger partial charge in [0.2, 0.25) is 0 Å². The highest BCUT2D eigenvalue weighted by Gasteiger charge is 2.57. The molecule has 1 aliphatic heterocycles. The first-order valence-corrected chi connectivity index (χ1v) is 8.83. The van der Waals surface area contributed by atoms with E-state index in [-0.39, 0.29) is 17.0 Å². The highest BCUT2D eigenvalue weighted by Crippen LogP contribution is 2.41. The Morgan fingerprint density at radius 1 is 1.44 bits per heavy atom. The van der Waals surface area contributed by atoms with Crippen LogP contribution in [0.15, 0.2) is 12.7 Å². The maximum atomic E-state index is 11.5. The number of hydrogen-bond donors (Lipinski definition) is 4. The lowest BCUT2D eigenvalue weighted by atomic mass is 9.99. The number of rotatable bonds is 6. The van der Waals surface area contributed by atoms with Crippen molar-refractivity contribution in [2.75, 3.05) is 17.2 Å². The van der Waals surface area contributed by atoms with E-state index in [0.29, 0.717) is 5.75 Å². The van der Waals surface area contributed by atoms with E-state index in [4.69, 9.17) is 10.5 Å². The summed E-state index contributed by atoms with van der Waals surface area (Å²) in [5.41, 5.74) is 4.53. The Balaban J connectivity index is 2.10. The van der Waals surface area contributed by atoms with Crippen molar-refractivity contribution in [3.63, 3.8) is 0 Å². The van der Waals surface area contributed by atoms with Crippen LogP contribution in [0.5, 0.6) is 0 Å². The summed E-state index contributed by atoms with van der Waals surface area (Å²) in [6, 6.07) is 0. The number of nitrogen functional groups attached to an aromatic ring is 1. The van der Waals surface area contributed by atoms with Crippen molar-refractivity contribution in [1.29, 1.82) is 0 Å². The first-order chi connectivity index (χ1) is 11.9. The lowest BCUT2D eigenvalue weighted by Gasteiger charge is -2.32. The number of aliphatic hydroxyl groups is 2. The second-order valence-electron chi connectivity index (χ2n) is 5.71. The van der Waals surface area contributed by atoms with Crippen LogP contribution in [0.4, 0.5) is 5.82 Å². The zero-order chi connectivity index (χ0) is 18.2. The van der Waals surface area contributed by atoms with Crippen molar-refractivity contribution in [3.05, 3.63) is 12.7 Å². The second kappa shape index (κ2) is 6.75. The second-order valence-corrected chi connectivity index (χ2v) is 7.03. The number of aliphatic carboxylic acids is 1. The van der Waals surface area contributed by atoms with Crippen LogP contribution in [-0.2, 0) is 15.3 Å². The van der Waals surface area contributed by atoms with E-state index in [0.717, 1.165) is 5.75 Å². The van der Waals surface area contributed by atoms with Gasteiger partial charge in [0.1, 0.15) is 24.1 Å². The predicted octanol–water partition coefficient (Wildman–Crippen LogP) is -0.590. The third-order valence-corrected chi connectivity index (χ3v) is 5.15. The molecule has 0 aliphatic carbocycles. The van der Waals surface area contributed by atoms with Gasteiger partial charge >= 0.3 is 5.97 Å². The van der Waals surface area contributed by atoms with E-state index >= 15 is 0 Å². The number of carbonyl (C=O) groups is 1. The summed E-state index contributed by atoms with van der Waals surface area (Å²) in [5.74, 6) is 0.144. The van der Waals surface area contributed by atoms with Crippen LogP contribution < -0.4 is 5.73 Å². The van der Waals surface area contributed by atoms with E-state index < -0.39 is 36.4 Å². The van der Waals surface area contributed by atoms with Crippen LogP contribution in [0.1, 0.15) is 13.3 Å². The summed E-state index contributed by atoms with van der Waals surface area (Å²) >= 11 is 1.52. The minimum absolute atomic E-state index is 0.125. The molecule has 0 bridgehead atoms. The van der Waals surface area contributed by atoms with E-state index in [1.807, 2.05) is 6.92 Å². The number of ether oxygens (including phenoxy) is 1. The fraction of sp³-hybridized carbons (Fsp3) is 0.571. The zero-order valence-corrected chi connectivity index (χ0v) is 14.3. The van der Waals surface area contributed by atoms with Crippen LogP contribution in [0.2, 0.25) is 0 Å². The van der Waals surface area contributed by atoms with Crippen LogP contribution in [0.25, 0.3) is 11.2 Å². The first kappa shape index (κ1) is 17.9. The average Bonchev–Trinajstić information content (AvgIpc) is 3.10. The molecule has 4 atom stereocenters.